The summed E-state index contributed by atoms with van der Waals surface area (Å²) in [6.07, 6.45) is 2.54. The van der Waals surface area contributed by atoms with Gasteiger partial charge in [-0.15, -0.1) is 0 Å². The molecule has 0 spiro atoms. The molecule has 0 radical (unpaired) electrons. The Kier molecular flexibility index (Phi) is 4.66. The number of anilines is 2. The first-order chi connectivity index (χ1) is 10.6. The highest BCUT2D eigenvalue weighted by atomic mass is 127. The summed E-state index contributed by atoms with van der Waals surface area (Å²) < 4.78 is 1.07. The van der Waals surface area contributed by atoms with Gasteiger partial charge in [0.05, 0.1) is 0 Å². The molecule has 1 aliphatic rings. The zero-order valence-electron chi connectivity index (χ0n) is 12.6. The van der Waals surface area contributed by atoms with Gasteiger partial charge in [0.2, 0.25) is 0 Å². The van der Waals surface area contributed by atoms with Gasteiger partial charge in [-0.05, 0) is 77.9 Å². The van der Waals surface area contributed by atoms with Crippen molar-refractivity contribution in [1.29, 1.82) is 0 Å². The van der Waals surface area contributed by atoms with Crippen LogP contribution in [0, 0.1) is 3.57 Å². The lowest BCUT2D eigenvalue weighted by molar-refractivity contribution is 0.0993. The van der Waals surface area contributed by atoms with Crippen LogP contribution in [0.4, 0.5) is 11.4 Å². The zero-order chi connectivity index (χ0) is 15.5. The minimum atomic E-state index is 0.0208. The van der Waals surface area contributed by atoms with E-state index in [1.807, 2.05) is 43.4 Å². The summed E-state index contributed by atoms with van der Waals surface area (Å²) in [7, 11) is 1.83. The average molecular weight is 406 g/mol. The molecule has 1 heterocycles. The van der Waals surface area contributed by atoms with Crippen LogP contribution in [0.5, 0.6) is 0 Å². The van der Waals surface area contributed by atoms with Crippen molar-refractivity contribution in [3.8, 4) is 0 Å². The van der Waals surface area contributed by atoms with E-state index >= 15 is 0 Å². The van der Waals surface area contributed by atoms with Gasteiger partial charge in [-0.2, -0.15) is 0 Å². The van der Waals surface area contributed by atoms with Crippen molar-refractivity contribution in [2.24, 2.45) is 0 Å². The number of carbonyl (C=O) groups is 1. The van der Waals surface area contributed by atoms with Crippen molar-refractivity contribution in [2.75, 3.05) is 29.9 Å². The normalized spacial score (nSPS) is 14.2. The van der Waals surface area contributed by atoms with Gasteiger partial charge in [0, 0.05) is 40.6 Å². The molecule has 3 nitrogen and oxygen atoms in total. The zero-order valence-corrected chi connectivity index (χ0v) is 14.8. The first-order valence-corrected chi connectivity index (χ1v) is 8.62. The second-order valence-electron chi connectivity index (χ2n) is 5.59. The van der Waals surface area contributed by atoms with Crippen LogP contribution in [-0.2, 0) is 0 Å². The molecule has 0 bridgehead atoms. The predicted octanol–water partition coefficient (Wildman–Crippen LogP) is 4.17. The third-order valence-corrected chi connectivity index (χ3v) is 4.76. The number of nitrogens with zero attached hydrogens (tertiary/aromatic N) is 2. The quantitative estimate of drug-likeness (QED) is 0.715. The minimum absolute atomic E-state index is 0.0208. The van der Waals surface area contributed by atoms with Crippen LogP contribution in [0.25, 0.3) is 0 Å². The van der Waals surface area contributed by atoms with E-state index in [1.165, 1.54) is 18.5 Å². The summed E-state index contributed by atoms with van der Waals surface area (Å²) in [5, 5.41) is 0. The first-order valence-electron chi connectivity index (χ1n) is 7.54. The van der Waals surface area contributed by atoms with Gasteiger partial charge >= 0.3 is 0 Å². The Morgan fingerprint density at radius 2 is 1.77 bits per heavy atom. The van der Waals surface area contributed by atoms with E-state index in [4.69, 9.17) is 0 Å². The van der Waals surface area contributed by atoms with Crippen molar-refractivity contribution < 1.29 is 4.79 Å². The third-order valence-electron chi connectivity index (χ3n) is 4.08. The van der Waals surface area contributed by atoms with Gasteiger partial charge in [0.25, 0.3) is 5.91 Å². The van der Waals surface area contributed by atoms with E-state index in [0.717, 1.165) is 27.9 Å². The first kappa shape index (κ1) is 15.3. The Bertz CT molecular complexity index is 663. The van der Waals surface area contributed by atoms with Crippen LogP contribution in [0.1, 0.15) is 23.2 Å². The molecule has 1 fully saturated rings. The van der Waals surface area contributed by atoms with Gasteiger partial charge in [-0.25, -0.2) is 0 Å². The summed E-state index contributed by atoms with van der Waals surface area (Å²) in [5.41, 5.74) is 2.89. The maximum atomic E-state index is 12.6. The Morgan fingerprint density at radius 1 is 1.09 bits per heavy atom. The van der Waals surface area contributed by atoms with Gasteiger partial charge in [-0.1, -0.05) is 6.07 Å². The molecule has 2 aromatic carbocycles. The highest BCUT2D eigenvalue weighted by molar-refractivity contribution is 14.1. The number of carbonyl (C=O) groups excluding carboxylic acids is 1. The summed E-state index contributed by atoms with van der Waals surface area (Å²) in [4.78, 5) is 16.7. The van der Waals surface area contributed by atoms with Crippen molar-refractivity contribution >= 4 is 39.9 Å². The molecular formula is C18H19IN2O. The molecule has 0 atom stereocenters. The van der Waals surface area contributed by atoms with E-state index < -0.39 is 0 Å². The highest BCUT2D eigenvalue weighted by Crippen LogP contribution is 2.24. The summed E-state index contributed by atoms with van der Waals surface area (Å²) in [5.74, 6) is 0.0208. The number of halogens is 1. The molecule has 0 aromatic heterocycles. The van der Waals surface area contributed by atoms with Crippen molar-refractivity contribution in [3.63, 3.8) is 0 Å². The molecule has 1 aliphatic heterocycles. The Morgan fingerprint density at radius 3 is 2.41 bits per heavy atom. The van der Waals surface area contributed by atoms with Crippen LogP contribution in [0.3, 0.4) is 0 Å². The topological polar surface area (TPSA) is 23.6 Å². The standard InChI is InChI=1S/C18H19IN2O/c1-20(18(22)14-5-4-6-15(19)13-14)16-7-9-17(10-8-16)21-11-2-3-12-21/h4-10,13H,2-3,11-12H2,1H3. The van der Waals surface area contributed by atoms with Gasteiger partial charge < -0.3 is 9.80 Å². The van der Waals surface area contributed by atoms with E-state index in [1.54, 1.807) is 4.90 Å². The fraction of sp³-hybridized carbons (Fsp3) is 0.278. The smallest absolute Gasteiger partial charge is 0.258 e. The van der Waals surface area contributed by atoms with E-state index in [-0.39, 0.29) is 5.91 Å². The molecule has 3 rings (SSSR count). The lowest BCUT2D eigenvalue weighted by Crippen LogP contribution is -2.26. The van der Waals surface area contributed by atoms with Crippen LogP contribution >= 0.6 is 22.6 Å². The maximum absolute atomic E-state index is 12.6. The number of rotatable bonds is 3. The third kappa shape index (κ3) is 3.27. The molecule has 0 N–H and O–H groups in total. The molecule has 0 saturated carbocycles. The van der Waals surface area contributed by atoms with Crippen LogP contribution in [-0.4, -0.2) is 26.0 Å². The second kappa shape index (κ2) is 6.69. The number of amides is 1. The minimum Gasteiger partial charge on any atom is -0.372 e. The lowest BCUT2D eigenvalue weighted by Gasteiger charge is -2.21. The summed E-state index contributed by atoms with van der Waals surface area (Å²) in [6, 6.07) is 16.0. The van der Waals surface area contributed by atoms with Crippen LogP contribution in [0.15, 0.2) is 48.5 Å². The Labute approximate surface area is 145 Å². The Hall–Kier alpha value is -1.56. The highest BCUT2D eigenvalue weighted by Gasteiger charge is 2.15. The fourth-order valence-corrected chi connectivity index (χ4v) is 3.34. The molecule has 1 saturated heterocycles. The molecular weight excluding hydrogens is 387 g/mol. The van der Waals surface area contributed by atoms with Crippen molar-refractivity contribution in [3.05, 3.63) is 57.7 Å². The lowest BCUT2D eigenvalue weighted by atomic mass is 10.2. The SMILES string of the molecule is CN(C(=O)c1cccc(I)c1)c1ccc(N2CCCC2)cc1. The second-order valence-corrected chi connectivity index (χ2v) is 6.83. The Balaban J connectivity index is 1.76. The van der Waals surface area contributed by atoms with Crippen molar-refractivity contribution in [2.45, 2.75) is 12.8 Å². The van der Waals surface area contributed by atoms with Crippen molar-refractivity contribution in [1.82, 2.24) is 0 Å². The van der Waals surface area contributed by atoms with E-state index in [2.05, 4.69) is 39.6 Å². The summed E-state index contributed by atoms with van der Waals surface area (Å²) >= 11 is 2.23. The van der Waals surface area contributed by atoms with Crippen LogP contribution in [0.2, 0.25) is 0 Å². The molecule has 0 aliphatic carbocycles. The predicted molar refractivity (Wildman–Crippen MR) is 99.8 cm³/mol. The molecule has 114 valence electrons. The van der Waals surface area contributed by atoms with Gasteiger partial charge in [-0.3, -0.25) is 4.79 Å². The van der Waals surface area contributed by atoms with Gasteiger partial charge in [0.15, 0.2) is 0 Å². The fourth-order valence-electron chi connectivity index (χ4n) is 2.79. The molecule has 1 amide bonds. The average Bonchev–Trinajstić information content (AvgIpc) is 3.08. The molecule has 4 heteroatoms. The molecule has 0 unspecified atom stereocenters. The monoisotopic (exact) mass is 406 g/mol. The molecule has 22 heavy (non-hydrogen) atoms. The number of hydrogen-bond acceptors (Lipinski definition) is 2. The van der Waals surface area contributed by atoms with E-state index in [0.29, 0.717) is 0 Å². The van der Waals surface area contributed by atoms with Gasteiger partial charge in [0.1, 0.15) is 0 Å². The molecule has 2 aromatic rings. The number of benzene rings is 2. The summed E-state index contributed by atoms with van der Waals surface area (Å²) in [6.45, 7) is 2.27. The maximum Gasteiger partial charge on any atom is 0.258 e. The van der Waals surface area contributed by atoms with E-state index in [9.17, 15) is 4.79 Å². The number of hydrogen-bond donors (Lipinski definition) is 0. The van der Waals surface area contributed by atoms with Crippen LogP contribution < -0.4 is 9.80 Å². The largest absolute Gasteiger partial charge is 0.372 e.